The second-order valence-electron chi connectivity index (χ2n) is 3.77. The zero-order valence-electron chi connectivity index (χ0n) is 9.01. The van der Waals surface area contributed by atoms with Crippen LogP contribution in [-0.4, -0.2) is 22.1 Å². The standard InChI is InChI=1S/C11H13N3O2.ClH/c12-7-1-2-8-6(3-9(13)11(15)16)5-14-10(8)4-7;/h1-2,4-5,9,14H,3,12-13H2,(H,15,16);1H. The third-order valence-electron chi connectivity index (χ3n) is 2.55. The van der Waals surface area contributed by atoms with E-state index in [1.54, 1.807) is 12.3 Å². The number of carboxylic acid groups (broad SMARTS) is 1. The summed E-state index contributed by atoms with van der Waals surface area (Å²) in [7, 11) is 0. The number of rotatable bonds is 3. The first-order valence-electron chi connectivity index (χ1n) is 4.92. The van der Waals surface area contributed by atoms with Gasteiger partial charge in [-0.3, -0.25) is 4.79 Å². The van der Waals surface area contributed by atoms with Gasteiger partial charge in [0.05, 0.1) is 0 Å². The van der Waals surface area contributed by atoms with Crippen LogP contribution < -0.4 is 11.5 Å². The molecule has 0 fully saturated rings. The van der Waals surface area contributed by atoms with Crippen LogP contribution in [0.5, 0.6) is 0 Å². The van der Waals surface area contributed by atoms with E-state index in [1.165, 1.54) is 0 Å². The Morgan fingerprint density at radius 2 is 2.18 bits per heavy atom. The van der Waals surface area contributed by atoms with Gasteiger partial charge in [0.15, 0.2) is 0 Å². The lowest BCUT2D eigenvalue weighted by Gasteiger charge is -2.04. The summed E-state index contributed by atoms with van der Waals surface area (Å²) in [6, 6.07) is 4.58. The van der Waals surface area contributed by atoms with E-state index in [-0.39, 0.29) is 12.4 Å². The van der Waals surface area contributed by atoms with Gasteiger partial charge in [0.2, 0.25) is 0 Å². The summed E-state index contributed by atoms with van der Waals surface area (Å²) >= 11 is 0. The highest BCUT2D eigenvalue weighted by Crippen LogP contribution is 2.21. The number of nitrogens with one attached hydrogen (secondary N) is 1. The summed E-state index contributed by atoms with van der Waals surface area (Å²) in [5.74, 6) is -0.996. The van der Waals surface area contributed by atoms with Crippen molar-refractivity contribution in [1.82, 2.24) is 4.98 Å². The van der Waals surface area contributed by atoms with Crippen LogP contribution in [0.3, 0.4) is 0 Å². The average molecular weight is 256 g/mol. The van der Waals surface area contributed by atoms with Crippen molar-refractivity contribution in [2.24, 2.45) is 5.73 Å². The van der Waals surface area contributed by atoms with Crippen LogP contribution in [0.1, 0.15) is 5.56 Å². The largest absolute Gasteiger partial charge is 0.480 e. The van der Waals surface area contributed by atoms with Gasteiger partial charge >= 0.3 is 5.97 Å². The average Bonchev–Trinajstić information content (AvgIpc) is 2.60. The van der Waals surface area contributed by atoms with E-state index in [4.69, 9.17) is 16.6 Å². The molecule has 0 aliphatic rings. The predicted octanol–water partition coefficient (Wildman–Crippen LogP) is 1.13. The molecule has 0 radical (unpaired) electrons. The number of benzene rings is 1. The molecule has 2 aromatic rings. The highest BCUT2D eigenvalue weighted by molar-refractivity contribution is 5.86. The van der Waals surface area contributed by atoms with Crippen LogP contribution in [-0.2, 0) is 11.2 Å². The van der Waals surface area contributed by atoms with Gasteiger partial charge in [-0.05, 0) is 17.7 Å². The van der Waals surface area contributed by atoms with Crippen LogP contribution in [0.4, 0.5) is 5.69 Å². The van der Waals surface area contributed by atoms with E-state index in [1.807, 2.05) is 12.1 Å². The third kappa shape index (κ3) is 2.69. The molecule has 0 saturated carbocycles. The first-order valence-corrected chi connectivity index (χ1v) is 4.92. The molecular formula is C11H14ClN3O2. The fourth-order valence-electron chi connectivity index (χ4n) is 1.70. The molecule has 92 valence electrons. The second kappa shape index (κ2) is 5.07. The van der Waals surface area contributed by atoms with Gasteiger partial charge in [0.25, 0.3) is 0 Å². The number of hydrogen-bond donors (Lipinski definition) is 4. The molecular weight excluding hydrogens is 242 g/mol. The molecule has 6 N–H and O–H groups in total. The van der Waals surface area contributed by atoms with Gasteiger partial charge in [0, 0.05) is 29.2 Å². The van der Waals surface area contributed by atoms with E-state index < -0.39 is 12.0 Å². The van der Waals surface area contributed by atoms with Gasteiger partial charge < -0.3 is 21.6 Å². The number of carboxylic acids is 1. The van der Waals surface area contributed by atoms with E-state index >= 15 is 0 Å². The molecule has 0 saturated heterocycles. The van der Waals surface area contributed by atoms with E-state index in [0.29, 0.717) is 12.1 Å². The first-order chi connectivity index (χ1) is 7.58. The maximum Gasteiger partial charge on any atom is 0.320 e. The van der Waals surface area contributed by atoms with Gasteiger partial charge in [-0.2, -0.15) is 0 Å². The van der Waals surface area contributed by atoms with Crippen LogP contribution in [0.25, 0.3) is 10.9 Å². The quantitative estimate of drug-likeness (QED) is 0.617. The van der Waals surface area contributed by atoms with Gasteiger partial charge in [-0.15, -0.1) is 12.4 Å². The Bertz CT molecular complexity index is 538. The molecule has 2 rings (SSSR count). The van der Waals surface area contributed by atoms with Crippen molar-refractivity contribution in [3.05, 3.63) is 30.0 Å². The SMILES string of the molecule is Cl.Nc1ccc2c(CC(N)C(=O)O)c[nH]c2c1. The fraction of sp³-hybridized carbons (Fsp3) is 0.182. The minimum absolute atomic E-state index is 0. The van der Waals surface area contributed by atoms with Crippen molar-refractivity contribution < 1.29 is 9.90 Å². The number of aliphatic carboxylic acids is 1. The smallest absolute Gasteiger partial charge is 0.320 e. The lowest BCUT2D eigenvalue weighted by Crippen LogP contribution is -2.32. The molecule has 1 aromatic carbocycles. The molecule has 5 nitrogen and oxygen atoms in total. The van der Waals surface area contributed by atoms with Crippen LogP contribution in [0.15, 0.2) is 24.4 Å². The molecule has 17 heavy (non-hydrogen) atoms. The van der Waals surface area contributed by atoms with Crippen molar-refractivity contribution in [2.45, 2.75) is 12.5 Å². The number of aromatic nitrogens is 1. The molecule has 0 bridgehead atoms. The molecule has 0 spiro atoms. The Hall–Kier alpha value is -1.72. The maximum absolute atomic E-state index is 10.7. The molecule has 1 heterocycles. The number of fused-ring (bicyclic) bond motifs is 1. The van der Waals surface area contributed by atoms with Crippen LogP contribution in [0.2, 0.25) is 0 Å². The highest BCUT2D eigenvalue weighted by atomic mass is 35.5. The second-order valence-corrected chi connectivity index (χ2v) is 3.77. The van der Waals surface area contributed by atoms with Crippen LogP contribution in [0, 0.1) is 0 Å². The topological polar surface area (TPSA) is 105 Å². The Morgan fingerprint density at radius 3 is 2.82 bits per heavy atom. The number of halogens is 1. The molecule has 6 heteroatoms. The summed E-state index contributed by atoms with van der Waals surface area (Å²) < 4.78 is 0. The summed E-state index contributed by atoms with van der Waals surface area (Å²) in [6.45, 7) is 0. The number of hydrogen-bond acceptors (Lipinski definition) is 3. The molecule has 1 unspecified atom stereocenters. The molecule has 1 atom stereocenters. The van der Waals surface area contributed by atoms with Crippen LogP contribution >= 0.6 is 12.4 Å². The third-order valence-corrected chi connectivity index (χ3v) is 2.55. The lowest BCUT2D eigenvalue weighted by atomic mass is 10.1. The van der Waals surface area contributed by atoms with Crippen molar-refractivity contribution in [2.75, 3.05) is 5.73 Å². The summed E-state index contributed by atoms with van der Waals surface area (Å²) in [5.41, 5.74) is 13.6. The van der Waals surface area contributed by atoms with Crippen molar-refractivity contribution in [3.63, 3.8) is 0 Å². The fourth-order valence-corrected chi connectivity index (χ4v) is 1.70. The maximum atomic E-state index is 10.7. The van der Waals surface area contributed by atoms with Crippen molar-refractivity contribution in [1.29, 1.82) is 0 Å². The van der Waals surface area contributed by atoms with Crippen molar-refractivity contribution >= 4 is 35.0 Å². The highest BCUT2D eigenvalue weighted by Gasteiger charge is 2.14. The van der Waals surface area contributed by atoms with E-state index in [9.17, 15) is 4.79 Å². The minimum atomic E-state index is -0.996. The molecule has 0 aliphatic heterocycles. The minimum Gasteiger partial charge on any atom is -0.480 e. The van der Waals surface area contributed by atoms with Gasteiger partial charge in [-0.1, -0.05) is 6.07 Å². The zero-order valence-corrected chi connectivity index (χ0v) is 9.83. The summed E-state index contributed by atoms with van der Waals surface area (Å²) in [5, 5.41) is 9.71. The molecule has 0 aliphatic carbocycles. The Kier molecular flexibility index (Phi) is 3.98. The number of H-pyrrole nitrogens is 1. The number of aromatic amines is 1. The normalized spacial score (nSPS) is 12.1. The number of anilines is 1. The van der Waals surface area contributed by atoms with E-state index in [0.717, 1.165) is 16.5 Å². The van der Waals surface area contributed by atoms with E-state index in [2.05, 4.69) is 4.98 Å². The predicted molar refractivity (Wildman–Crippen MR) is 69.3 cm³/mol. The molecule has 0 amide bonds. The Morgan fingerprint density at radius 1 is 1.47 bits per heavy atom. The zero-order chi connectivity index (χ0) is 11.7. The van der Waals surface area contributed by atoms with Gasteiger partial charge in [0.1, 0.15) is 6.04 Å². The first kappa shape index (κ1) is 13.3. The van der Waals surface area contributed by atoms with Gasteiger partial charge in [-0.25, -0.2) is 0 Å². The number of carbonyl (C=O) groups is 1. The van der Waals surface area contributed by atoms with Crippen molar-refractivity contribution in [3.8, 4) is 0 Å². The monoisotopic (exact) mass is 255 g/mol. The number of nitrogen functional groups attached to an aromatic ring is 1. The lowest BCUT2D eigenvalue weighted by molar-refractivity contribution is -0.138. The summed E-state index contributed by atoms with van der Waals surface area (Å²) in [6.07, 6.45) is 2.08. The Balaban J connectivity index is 0.00000144. The summed E-state index contributed by atoms with van der Waals surface area (Å²) in [4.78, 5) is 13.7. The molecule has 1 aromatic heterocycles. The Labute approximate surface area is 104 Å². The number of nitrogens with two attached hydrogens (primary N) is 2.